The number of amides is 2. The fraction of sp³-hybridized carbons (Fsp3) is 0.391. The number of ether oxygens (including phenoxy) is 2. The van der Waals surface area contributed by atoms with Gasteiger partial charge in [0.15, 0.2) is 0 Å². The maximum Gasteiger partial charge on any atom is 0.410 e. The molecule has 30 heavy (non-hydrogen) atoms. The summed E-state index contributed by atoms with van der Waals surface area (Å²) in [4.78, 5) is 26.4. The normalized spacial score (nSPS) is 21.4. The Morgan fingerprint density at radius 1 is 1.03 bits per heavy atom. The van der Waals surface area contributed by atoms with Gasteiger partial charge in [-0.3, -0.25) is 0 Å². The van der Waals surface area contributed by atoms with Crippen LogP contribution in [0.1, 0.15) is 30.9 Å². The average molecular weight is 412 g/mol. The summed E-state index contributed by atoms with van der Waals surface area (Å²) in [5.41, 5.74) is 0.596. The average Bonchev–Trinajstić information content (AvgIpc) is 2.90. The van der Waals surface area contributed by atoms with Gasteiger partial charge >= 0.3 is 12.2 Å². The first-order valence-corrected chi connectivity index (χ1v) is 10.1. The molecule has 1 heterocycles. The smallest absolute Gasteiger partial charge is 0.410 e. The van der Waals surface area contributed by atoms with Gasteiger partial charge in [0.25, 0.3) is 0 Å². The third-order valence-corrected chi connectivity index (χ3v) is 5.23. The Hall–Kier alpha value is -3.06. The summed E-state index contributed by atoms with van der Waals surface area (Å²) >= 11 is 0. The molecule has 2 amide bonds. The summed E-state index contributed by atoms with van der Waals surface area (Å²) in [6, 6.07) is 18.1. The molecule has 0 unspecified atom stereocenters. The molecule has 2 N–H and O–H groups in total. The number of carbonyl (C=O) groups is 2. The van der Waals surface area contributed by atoms with Gasteiger partial charge in [0.05, 0.1) is 11.6 Å². The van der Waals surface area contributed by atoms with E-state index in [2.05, 4.69) is 5.32 Å². The molecule has 0 saturated carbocycles. The minimum absolute atomic E-state index is 0.129. The molecule has 0 bridgehead atoms. The van der Waals surface area contributed by atoms with Gasteiger partial charge in [-0.1, -0.05) is 60.7 Å². The summed E-state index contributed by atoms with van der Waals surface area (Å²) in [5, 5.41) is 13.5. The molecule has 1 aliphatic rings. The van der Waals surface area contributed by atoms with Crippen LogP contribution < -0.4 is 5.32 Å². The highest BCUT2D eigenvalue weighted by atomic mass is 16.6. The number of nitrogens with zero attached hydrogens (tertiary/aromatic N) is 1. The zero-order valence-corrected chi connectivity index (χ0v) is 17.1. The molecule has 7 nitrogen and oxygen atoms in total. The number of carbonyl (C=O) groups excluding carboxylic acids is 2. The Morgan fingerprint density at radius 3 is 2.20 bits per heavy atom. The highest BCUT2D eigenvalue weighted by molar-refractivity contribution is 5.69. The summed E-state index contributed by atoms with van der Waals surface area (Å²) in [6.45, 7) is 2.55. The Kier molecular flexibility index (Phi) is 7.30. The molecule has 2 atom stereocenters. The van der Waals surface area contributed by atoms with E-state index in [4.69, 9.17) is 9.47 Å². The number of nitrogens with one attached hydrogen (secondary N) is 1. The zero-order chi connectivity index (χ0) is 21.4. The van der Waals surface area contributed by atoms with E-state index in [0.29, 0.717) is 19.4 Å². The Bertz CT molecular complexity index is 826. The number of hydrogen-bond acceptors (Lipinski definition) is 5. The highest BCUT2D eigenvalue weighted by Crippen LogP contribution is 2.23. The van der Waals surface area contributed by atoms with E-state index < -0.39 is 23.8 Å². The predicted molar refractivity (Wildman–Crippen MR) is 112 cm³/mol. The van der Waals surface area contributed by atoms with Crippen LogP contribution in [0.25, 0.3) is 0 Å². The van der Waals surface area contributed by atoms with Crippen molar-refractivity contribution in [1.29, 1.82) is 0 Å². The summed E-state index contributed by atoms with van der Waals surface area (Å²) in [7, 11) is 0. The topological polar surface area (TPSA) is 88.1 Å². The van der Waals surface area contributed by atoms with Crippen LogP contribution in [-0.4, -0.2) is 46.9 Å². The molecule has 7 heteroatoms. The maximum absolute atomic E-state index is 12.6. The van der Waals surface area contributed by atoms with Crippen molar-refractivity contribution in [2.45, 2.75) is 44.6 Å². The molecule has 3 rings (SSSR count). The minimum Gasteiger partial charge on any atom is -0.445 e. The van der Waals surface area contributed by atoms with Gasteiger partial charge < -0.3 is 24.8 Å². The van der Waals surface area contributed by atoms with Crippen molar-refractivity contribution < 1.29 is 24.2 Å². The van der Waals surface area contributed by atoms with E-state index >= 15 is 0 Å². The van der Waals surface area contributed by atoms with Gasteiger partial charge in [0.2, 0.25) is 0 Å². The Labute approximate surface area is 176 Å². The number of likely N-dealkylation sites (tertiary alicyclic amines) is 1. The summed E-state index contributed by atoms with van der Waals surface area (Å²) in [6.07, 6.45) is -0.0614. The van der Waals surface area contributed by atoms with Crippen LogP contribution in [0.15, 0.2) is 60.7 Å². The molecule has 2 aromatic carbocycles. The van der Waals surface area contributed by atoms with Crippen molar-refractivity contribution in [2.24, 2.45) is 0 Å². The first-order valence-electron chi connectivity index (χ1n) is 10.1. The fourth-order valence-electron chi connectivity index (χ4n) is 3.39. The van der Waals surface area contributed by atoms with Crippen molar-refractivity contribution >= 4 is 12.2 Å². The van der Waals surface area contributed by atoms with E-state index in [1.807, 2.05) is 60.7 Å². The van der Waals surface area contributed by atoms with Gasteiger partial charge in [-0.2, -0.15) is 0 Å². The van der Waals surface area contributed by atoms with Crippen LogP contribution in [0.5, 0.6) is 0 Å². The van der Waals surface area contributed by atoms with E-state index in [1.54, 1.807) is 6.92 Å². The van der Waals surface area contributed by atoms with Gasteiger partial charge in [0.1, 0.15) is 13.2 Å². The van der Waals surface area contributed by atoms with E-state index in [0.717, 1.165) is 11.1 Å². The lowest BCUT2D eigenvalue weighted by Crippen LogP contribution is -2.55. The van der Waals surface area contributed by atoms with Crippen molar-refractivity contribution in [1.82, 2.24) is 10.2 Å². The lowest BCUT2D eigenvalue weighted by atomic mass is 9.92. The minimum atomic E-state index is -1.17. The van der Waals surface area contributed by atoms with Crippen molar-refractivity contribution in [3.63, 3.8) is 0 Å². The summed E-state index contributed by atoms with van der Waals surface area (Å²) in [5.74, 6) is 0. The SMILES string of the molecule is C[C@@]1(O)CCCN(C(=O)OCc2ccccc2)C[C@H]1NC(=O)OCc1ccccc1. The van der Waals surface area contributed by atoms with E-state index in [9.17, 15) is 14.7 Å². The predicted octanol–water partition coefficient (Wildman–Crippen LogP) is 3.47. The van der Waals surface area contributed by atoms with Crippen molar-refractivity contribution in [2.75, 3.05) is 13.1 Å². The third-order valence-electron chi connectivity index (χ3n) is 5.23. The molecule has 1 fully saturated rings. The Morgan fingerprint density at radius 2 is 1.60 bits per heavy atom. The van der Waals surface area contributed by atoms with Gasteiger partial charge in [-0.25, -0.2) is 9.59 Å². The molecule has 2 aromatic rings. The van der Waals surface area contributed by atoms with Gasteiger partial charge in [-0.15, -0.1) is 0 Å². The standard InChI is InChI=1S/C23H28N2O5/c1-23(28)13-8-14-25(22(27)30-17-19-11-6-3-7-12-19)15-20(23)24-21(26)29-16-18-9-4-2-5-10-18/h2-7,9-12,20,28H,8,13-17H2,1H3,(H,24,26)/t20-,23-/m1/s1. The molecular weight excluding hydrogens is 384 g/mol. The summed E-state index contributed by atoms with van der Waals surface area (Å²) < 4.78 is 10.7. The van der Waals surface area contributed by atoms with Crippen LogP contribution in [0, 0.1) is 0 Å². The number of rotatable bonds is 5. The molecule has 0 aromatic heterocycles. The van der Waals surface area contributed by atoms with Crippen LogP contribution in [0.3, 0.4) is 0 Å². The third kappa shape index (κ3) is 6.22. The maximum atomic E-state index is 12.6. The van der Waals surface area contributed by atoms with Crippen LogP contribution in [0.4, 0.5) is 9.59 Å². The van der Waals surface area contributed by atoms with Crippen LogP contribution >= 0.6 is 0 Å². The van der Waals surface area contributed by atoms with Gasteiger partial charge in [-0.05, 0) is 30.9 Å². The number of alkyl carbamates (subject to hydrolysis) is 1. The monoisotopic (exact) mass is 412 g/mol. The molecule has 0 aliphatic carbocycles. The van der Waals surface area contributed by atoms with Crippen LogP contribution in [0.2, 0.25) is 0 Å². The number of aliphatic hydroxyl groups is 1. The van der Waals surface area contributed by atoms with E-state index in [1.165, 1.54) is 4.90 Å². The molecule has 1 saturated heterocycles. The molecule has 1 aliphatic heterocycles. The second kappa shape index (κ2) is 10.1. The number of benzene rings is 2. The second-order valence-electron chi connectivity index (χ2n) is 7.71. The van der Waals surface area contributed by atoms with Crippen LogP contribution in [-0.2, 0) is 22.7 Å². The van der Waals surface area contributed by atoms with Crippen molar-refractivity contribution in [3.8, 4) is 0 Å². The quantitative estimate of drug-likeness (QED) is 0.785. The zero-order valence-electron chi connectivity index (χ0n) is 17.1. The largest absolute Gasteiger partial charge is 0.445 e. The molecular formula is C23H28N2O5. The molecule has 0 radical (unpaired) electrons. The molecule has 0 spiro atoms. The molecule has 160 valence electrons. The first-order chi connectivity index (χ1) is 14.4. The lowest BCUT2D eigenvalue weighted by molar-refractivity contribution is 0.00989. The van der Waals surface area contributed by atoms with E-state index in [-0.39, 0.29) is 19.8 Å². The fourth-order valence-corrected chi connectivity index (χ4v) is 3.39. The Balaban J connectivity index is 1.56. The first kappa shape index (κ1) is 21.6. The second-order valence-corrected chi connectivity index (χ2v) is 7.71. The van der Waals surface area contributed by atoms with Crippen molar-refractivity contribution in [3.05, 3.63) is 71.8 Å². The lowest BCUT2D eigenvalue weighted by Gasteiger charge is -2.32. The number of hydrogen-bond donors (Lipinski definition) is 2. The highest BCUT2D eigenvalue weighted by Gasteiger charge is 2.38. The van der Waals surface area contributed by atoms with Gasteiger partial charge in [0, 0.05) is 13.1 Å².